The topological polar surface area (TPSA) is 17.1 Å². The maximum absolute atomic E-state index is 14.1. The van der Waals surface area contributed by atoms with E-state index in [0.717, 1.165) is 11.6 Å². The Balaban J connectivity index is 2.30. The number of carbonyl (C=O) groups excluding carboxylic acids is 1. The Labute approximate surface area is 113 Å². The zero-order valence-electron chi connectivity index (χ0n) is 10.3. The van der Waals surface area contributed by atoms with Gasteiger partial charge in [-0.05, 0) is 29.3 Å². The first-order valence-corrected chi connectivity index (χ1v) is 6.23. The van der Waals surface area contributed by atoms with Crippen molar-refractivity contribution >= 4 is 16.6 Å². The maximum atomic E-state index is 14.1. The van der Waals surface area contributed by atoms with Crippen LogP contribution in [0.1, 0.15) is 15.9 Å². The fourth-order valence-corrected chi connectivity index (χ4v) is 2.88. The van der Waals surface area contributed by atoms with E-state index in [9.17, 15) is 13.6 Å². The van der Waals surface area contributed by atoms with Crippen LogP contribution in [0.25, 0.3) is 21.9 Å². The smallest absolute Gasteiger partial charge is 0.197 e. The summed E-state index contributed by atoms with van der Waals surface area (Å²) < 4.78 is 28.0. The van der Waals surface area contributed by atoms with Gasteiger partial charge in [0.1, 0.15) is 11.6 Å². The lowest BCUT2D eigenvalue weighted by atomic mass is 9.82. The summed E-state index contributed by atoms with van der Waals surface area (Å²) in [5, 5.41) is 0.649. The molecule has 0 amide bonds. The minimum absolute atomic E-state index is 0.0318. The van der Waals surface area contributed by atoms with E-state index < -0.39 is 11.6 Å². The van der Waals surface area contributed by atoms with Crippen molar-refractivity contribution in [2.45, 2.75) is 0 Å². The van der Waals surface area contributed by atoms with Crippen molar-refractivity contribution in [3.63, 3.8) is 0 Å². The number of ketones is 1. The highest BCUT2D eigenvalue weighted by Gasteiger charge is 2.28. The van der Waals surface area contributed by atoms with E-state index in [-0.39, 0.29) is 16.7 Å². The van der Waals surface area contributed by atoms with Gasteiger partial charge < -0.3 is 0 Å². The van der Waals surface area contributed by atoms with Gasteiger partial charge in [-0.1, -0.05) is 30.3 Å². The molecule has 3 aromatic rings. The minimum Gasteiger partial charge on any atom is -0.288 e. The van der Waals surface area contributed by atoms with Crippen molar-refractivity contribution in [1.29, 1.82) is 0 Å². The highest BCUT2D eigenvalue weighted by atomic mass is 19.1. The zero-order chi connectivity index (χ0) is 13.9. The molecule has 0 heterocycles. The summed E-state index contributed by atoms with van der Waals surface area (Å²) in [6.45, 7) is 0. The molecule has 0 saturated heterocycles. The molecule has 1 aliphatic rings. The Morgan fingerprint density at radius 1 is 0.700 bits per heavy atom. The summed E-state index contributed by atoms with van der Waals surface area (Å²) in [6, 6.07) is 12.5. The van der Waals surface area contributed by atoms with Crippen LogP contribution in [0.15, 0.2) is 48.5 Å². The van der Waals surface area contributed by atoms with E-state index in [1.807, 2.05) is 6.07 Å². The Bertz CT molecular complexity index is 897. The average molecular weight is 266 g/mol. The molecule has 0 aliphatic heterocycles. The summed E-state index contributed by atoms with van der Waals surface area (Å²) in [5.74, 6) is -1.44. The Morgan fingerprint density at radius 3 is 2.20 bits per heavy atom. The fraction of sp³-hybridized carbons (Fsp3) is 0. The van der Waals surface area contributed by atoms with Gasteiger partial charge in [0.2, 0.25) is 0 Å². The lowest BCUT2D eigenvalue weighted by molar-refractivity contribution is 0.103. The first-order valence-electron chi connectivity index (χ1n) is 6.23. The number of rotatable bonds is 0. The number of halogens is 2. The van der Waals surface area contributed by atoms with E-state index in [0.29, 0.717) is 16.5 Å². The van der Waals surface area contributed by atoms with Crippen molar-refractivity contribution in [3.05, 3.63) is 71.3 Å². The van der Waals surface area contributed by atoms with Crippen LogP contribution in [-0.2, 0) is 0 Å². The van der Waals surface area contributed by atoms with Crippen molar-refractivity contribution in [3.8, 4) is 11.1 Å². The van der Waals surface area contributed by atoms with Gasteiger partial charge in [0.05, 0.1) is 5.56 Å². The number of fused-ring (bicyclic) bond motifs is 2. The Hall–Kier alpha value is -2.55. The second kappa shape index (κ2) is 3.73. The number of benzene rings is 3. The molecule has 1 aliphatic carbocycles. The summed E-state index contributed by atoms with van der Waals surface area (Å²) in [5.41, 5.74) is 1.85. The molecule has 3 heteroatoms. The van der Waals surface area contributed by atoms with Crippen LogP contribution >= 0.6 is 0 Å². The molecule has 1 nitrogen and oxygen atoms in total. The van der Waals surface area contributed by atoms with E-state index >= 15 is 0 Å². The van der Waals surface area contributed by atoms with E-state index in [1.54, 1.807) is 24.3 Å². The third kappa shape index (κ3) is 1.27. The number of hydrogen-bond donors (Lipinski definition) is 0. The van der Waals surface area contributed by atoms with Gasteiger partial charge in [-0.3, -0.25) is 4.79 Å². The van der Waals surface area contributed by atoms with Crippen LogP contribution in [0, 0.1) is 11.6 Å². The average Bonchev–Trinajstić information content (AvgIpc) is 2.47. The van der Waals surface area contributed by atoms with E-state index in [4.69, 9.17) is 0 Å². The largest absolute Gasteiger partial charge is 0.288 e. The molecule has 20 heavy (non-hydrogen) atoms. The van der Waals surface area contributed by atoms with Crippen LogP contribution in [0.5, 0.6) is 0 Å². The van der Waals surface area contributed by atoms with Gasteiger partial charge in [0, 0.05) is 16.3 Å². The molecule has 0 aromatic heterocycles. The molecule has 4 rings (SSSR count). The third-order valence-corrected chi connectivity index (χ3v) is 3.77. The fourth-order valence-electron chi connectivity index (χ4n) is 2.88. The summed E-state index contributed by atoms with van der Waals surface area (Å²) in [6.07, 6.45) is 0. The third-order valence-electron chi connectivity index (χ3n) is 3.77. The SMILES string of the molecule is O=C1c2ccccc2-c2ccc(F)c3ccc(F)c1c23. The van der Waals surface area contributed by atoms with Crippen molar-refractivity contribution in [2.75, 3.05) is 0 Å². The maximum Gasteiger partial charge on any atom is 0.197 e. The molecule has 96 valence electrons. The van der Waals surface area contributed by atoms with Gasteiger partial charge in [-0.25, -0.2) is 8.78 Å². The van der Waals surface area contributed by atoms with E-state index in [1.165, 1.54) is 12.1 Å². The van der Waals surface area contributed by atoms with Crippen LogP contribution in [0.2, 0.25) is 0 Å². The first-order chi connectivity index (χ1) is 9.68. The van der Waals surface area contributed by atoms with E-state index in [2.05, 4.69) is 0 Å². The van der Waals surface area contributed by atoms with Crippen LogP contribution < -0.4 is 0 Å². The van der Waals surface area contributed by atoms with Gasteiger partial charge in [-0.15, -0.1) is 0 Å². The van der Waals surface area contributed by atoms with Gasteiger partial charge in [0.15, 0.2) is 5.78 Å². The summed E-state index contributed by atoms with van der Waals surface area (Å²) in [7, 11) is 0. The Kier molecular flexibility index (Phi) is 2.11. The monoisotopic (exact) mass is 266 g/mol. The quantitative estimate of drug-likeness (QED) is 0.463. The van der Waals surface area contributed by atoms with Crippen molar-refractivity contribution in [2.24, 2.45) is 0 Å². The standard InChI is InChI=1S/C17H8F2O/c18-13-7-5-10-9-3-1-2-4-11(9)17(20)16-14(19)8-6-12(13)15(10)16/h1-8H. The first kappa shape index (κ1) is 11.3. The highest BCUT2D eigenvalue weighted by Crippen LogP contribution is 2.40. The van der Waals surface area contributed by atoms with Gasteiger partial charge in [-0.2, -0.15) is 0 Å². The van der Waals surface area contributed by atoms with Gasteiger partial charge in [0.25, 0.3) is 0 Å². The zero-order valence-corrected chi connectivity index (χ0v) is 10.3. The molecule has 0 unspecified atom stereocenters. The van der Waals surface area contributed by atoms with Crippen molar-refractivity contribution < 1.29 is 13.6 Å². The lowest BCUT2D eigenvalue weighted by Crippen LogP contribution is -2.12. The molecule has 3 aromatic carbocycles. The second-order valence-corrected chi connectivity index (χ2v) is 4.81. The number of hydrogen-bond acceptors (Lipinski definition) is 1. The minimum atomic E-state index is -0.608. The predicted octanol–water partition coefficient (Wildman–Crippen LogP) is 4.33. The molecule has 0 radical (unpaired) electrons. The molecular weight excluding hydrogens is 258 g/mol. The second-order valence-electron chi connectivity index (χ2n) is 4.81. The van der Waals surface area contributed by atoms with Gasteiger partial charge >= 0.3 is 0 Å². The molecule has 0 fully saturated rings. The van der Waals surface area contributed by atoms with Crippen molar-refractivity contribution in [1.82, 2.24) is 0 Å². The molecule has 0 bridgehead atoms. The molecule has 0 saturated carbocycles. The Morgan fingerprint density at radius 2 is 1.40 bits per heavy atom. The summed E-state index contributed by atoms with van der Waals surface area (Å²) >= 11 is 0. The molecule has 0 atom stereocenters. The normalized spacial score (nSPS) is 12.6. The highest BCUT2D eigenvalue weighted by molar-refractivity contribution is 6.25. The molecular formula is C17H8F2O. The van der Waals surface area contributed by atoms with Crippen LogP contribution in [0.4, 0.5) is 8.78 Å². The molecule has 0 spiro atoms. The van der Waals surface area contributed by atoms with Crippen LogP contribution in [0.3, 0.4) is 0 Å². The lowest BCUT2D eigenvalue weighted by Gasteiger charge is -2.20. The summed E-state index contributed by atoms with van der Waals surface area (Å²) in [4.78, 5) is 12.5. The molecule has 0 N–H and O–H groups in total. The number of carbonyl (C=O) groups is 1. The van der Waals surface area contributed by atoms with Crippen LogP contribution in [-0.4, -0.2) is 5.78 Å². The predicted molar refractivity (Wildman–Crippen MR) is 72.7 cm³/mol.